The molecule has 1 atom stereocenters. The molecule has 126 valence electrons. The van der Waals surface area contributed by atoms with Gasteiger partial charge in [0.1, 0.15) is 0 Å². The molecule has 0 N–H and O–H groups in total. The largest absolute Gasteiger partial charge is 0.493 e. The third-order valence-corrected chi connectivity index (χ3v) is 4.83. The Morgan fingerprint density at radius 2 is 1.75 bits per heavy atom. The molecule has 2 aliphatic rings. The van der Waals surface area contributed by atoms with E-state index in [0.29, 0.717) is 6.79 Å². The van der Waals surface area contributed by atoms with Crippen LogP contribution in [0.5, 0.6) is 23.0 Å². The SMILES string of the molecule is COc1ccc([C@H]2c3cc4c(cc3CCN2C)OCO4)cc1OC. The van der Waals surface area contributed by atoms with Crippen molar-refractivity contribution < 1.29 is 18.9 Å². The van der Waals surface area contributed by atoms with Gasteiger partial charge in [-0.15, -0.1) is 0 Å². The fourth-order valence-electron chi connectivity index (χ4n) is 3.59. The summed E-state index contributed by atoms with van der Waals surface area (Å²) < 4.78 is 21.9. The number of nitrogens with zero attached hydrogens (tertiary/aromatic N) is 1. The number of methoxy groups -OCH3 is 2. The summed E-state index contributed by atoms with van der Waals surface area (Å²) in [4.78, 5) is 2.35. The monoisotopic (exact) mass is 327 g/mol. The van der Waals surface area contributed by atoms with Crippen LogP contribution in [0.15, 0.2) is 30.3 Å². The quantitative estimate of drug-likeness (QED) is 0.867. The van der Waals surface area contributed by atoms with Crippen molar-refractivity contribution in [1.82, 2.24) is 4.90 Å². The summed E-state index contributed by atoms with van der Waals surface area (Å²) in [6.07, 6.45) is 1.01. The predicted octanol–water partition coefficient (Wildman–Crippen LogP) is 3.01. The zero-order chi connectivity index (χ0) is 16.7. The van der Waals surface area contributed by atoms with Crippen LogP contribution in [0, 0.1) is 0 Å². The number of hydrogen-bond acceptors (Lipinski definition) is 5. The average Bonchev–Trinajstić information content (AvgIpc) is 3.06. The molecule has 2 heterocycles. The van der Waals surface area contributed by atoms with Gasteiger partial charge in [-0.2, -0.15) is 0 Å². The highest BCUT2D eigenvalue weighted by Crippen LogP contribution is 2.43. The lowest BCUT2D eigenvalue weighted by molar-refractivity contribution is 0.174. The summed E-state index contributed by atoms with van der Waals surface area (Å²) in [5.41, 5.74) is 3.76. The molecule has 24 heavy (non-hydrogen) atoms. The van der Waals surface area contributed by atoms with Gasteiger partial charge in [-0.25, -0.2) is 0 Å². The molecule has 4 rings (SSSR count). The molecular formula is C19H21NO4. The van der Waals surface area contributed by atoms with E-state index in [0.717, 1.165) is 36.0 Å². The van der Waals surface area contributed by atoms with E-state index >= 15 is 0 Å². The van der Waals surface area contributed by atoms with Crippen molar-refractivity contribution in [2.24, 2.45) is 0 Å². The fraction of sp³-hybridized carbons (Fsp3) is 0.368. The lowest BCUT2D eigenvalue weighted by Crippen LogP contribution is -2.32. The fourth-order valence-corrected chi connectivity index (χ4v) is 3.59. The Morgan fingerprint density at radius 1 is 1.00 bits per heavy atom. The van der Waals surface area contributed by atoms with Gasteiger partial charge in [0.25, 0.3) is 0 Å². The zero-order valence-electron chi connectivity index (χ0n) is 14.2. The Morgan fingerprint density at radius 3 is 2.50 bits per heavy atom. The first-order chi connectivity index (χ1) is 11.7. The number of fused-ring (bicyclic) bond motifs is 2. The van der Waals surface area contributed by atoms with E-state index in [-0.39, 0.29) is 6.04 Å². The molecule has 5 heteroatoms. The summed E-state index contributed by atoms with van der Waals surface area (Å²) in [5.74, 6) is 3.17. The zero-order valence-corrected chi connectivity index (χ0v) is 14.2. The maximum Gasteiger partial charge on any atom is 0.231 e. The van der Waals surface area contributed by atoms with E-state index in [1.807, 2.05) is 6.07 Å². The van der Waals surface area contributed by atoms with Crippen molar-refractivity contribution in [2.75, 3.05) is 34.6 Å². The second-order valence-electron chi connectivity index (χ2n) is 6.15. The van der Waals surface area contributed by atoms with Gasteiger partial charge in [0.05, 0.1) is 20.3 Å². The number of ether oxygens (including phenoxy) is 4. The third-order valence-electron chi connectivity index (χ3n) is 4.83. The molecule has 0 spiro atoms. The van der Waals surface area contributed by atoms with Gasteiger partial charge in [0, 0.05) is 6.54 Å². The molecule has 2 aromatic rings. The van der Waals surface area contributed by atoms with Gasteiger partial charge in [0.15, 0.2) is 23.0 Å². The normalized spacial score (nSPS) is 19.0. The summed E-state index contributed by atoms with van der Waals surface area (Å²) >= 11 is 0. The molecule has 0 amide bonds. The van der Waals surface area contributed by atoms with E-state index in [1.165, 1.54) is 16.7 Å². The molecule has 0 aromatic heterocycles. The van der Waals surface area contributed by atoms with Crippen molar-refractivity contribution >= 4 is 0 Å². The van der Waals surface area contributed by atoms with Crippen LogP contribution in [0.1, 0.15) is 22.7 Å². The molecule has 0 radical (unpaired) electrons. The molecular weight excluding hydrogens is 306 g/mol. The highest BCUT2D eigenvalue weighted by atomic mass is 16.7. The highest BCUT2D eigenvalue weighted by molar-refractivity contribution is 5.54. The maximum absolute atomic E-state index is 5.58. The molecule has 0 aliphatic carbocycles. The van der Waals surface area contributed by atoms with Crippen LogP contribution in [0.2, 0.25) is 0 Å². The number of benzene rings is 2. The Balaban J connectivity index is 1.81. The molecule has 0 fully saturated rings. The Hall–Kier alpha value is -2.40. The third kappa shape index (κ3) is 2.36. The van der Waals surface area contributed by atoms with Gasteiger partial charge in [-0.05, 0) is 54.4 Å². The standard InChI is InChI=1S/C19H21NO4/c1-20-7-6-12-8-17-18(24-11-23-17)10-14(12)19(20)13-4-5-15(21-2)16(9-13)22-3/h4-5,8-10,19H,6-7,11H2,1-3H3/t19-/m0/s1. The summed E-state index contributed by atoms with van der Waals surface area (Å²) in [5, 5.41) is 0. The van der Waals surface area contributed by atoms with Crippen LogP contribution in [0.25, 0.3) is 0 Å². The summed E-state index contributed by atoms with van der Waals surface area (Å²) in [6, 6.07) is 10.5. The van der Waals surface area contributed by atoms with E-state index in [4.69, 9.17) is 18.9 Å². The lowest BCUT2D eigenvalue weighted by Gasteiger charge is -2.35. The average molecular weight is 327 g/mol. The summed E-state index contributed by atoms with van der Waals surface area (Å²) in [6.45, 7) is 1.29. The van der Waals surface area contributed by atoms with Gasteiger partial charge in [0.2, 0.25) is 6.79 Å². The van der Waals surface area contributed by atoms with E-state index in [9.17, 15) is 0 Å². The molecule has 0 unspecified atom stereocenters. The van der Waals surface area contributed by atoms with E-state index in [2.05, 4.69) is 36.2 Å². The first kappa shape index (κ1) is 15.1. The van der Waals surface area contributed by atoms with Crippen LogP contribution < -0.4 is 18.9 Å². The van der Waals surface area contributed by atoms with Crippen LogP contribution >= 0.6 is 0 Å². The minimum Gasteiger partial charge on any atom is -0.493 e. The predicted molar refractivity (Wildman–Crippen MR) is 90.3 cm³/mol. The van der Waals surface area contributed by atoms with Crippen molar-refractivity contribution in [1.29, 1.82) is 0 Å². The Kier molecular flexibility index (Phi) is 3.73. The van der Waals surface area contributed by atoms with Gasteiger partial charge >= 0.3 is 0 Å². The molecule has 0 bridgehead atoms. The first-order valence-corrected chi connectivity index (χ1v) is 8.06. The Labute approximate surface area is 141 Å². The molecule has 5 nitrogen and oxygen atoms in total. The van der Waals surface area contributed by atoms with E-state index in [1.54, 1.807) is 14.2 Å². The van der Waals surface area contributed by atoms with Crippen LogP contribution in [-0.2, 0) is 6.42 Å². The topological polar surface area (TPSA) is 40.2 Å². The first-order valence-electron chi connectivity index (χ1n) is 8.06. The second-order valence-corrected chi connectivity index (χ2v) is 6.15. The molecule has 0 saturated heterocycles. The van der Waals surface area contributed by atoms with Crippen LogP contribution in [0.3, 0.4) is 0 Å². The van der Waals surface area contributed by atoms with Gasteiger partial charge < -0.3 is 18.9 Å². The number of likely N-dealkylation sites (N-methyl/N-ethyl adjacent to an activating group) is 1. The van der Waals surface area contributed by atoms with Crippen LogP contribution in [0.4, 0.5) is 0 Å². The minimum absolute atomic E-state index is 0.156. The number of hydrogen-bond donors (Lipinski definition) is 0. The van der Waals surface area contributed by atoms with Crippen molar-refractivity contribution in [3.8, 4) is 23.0 Å². The second kappa shape index (κ2) is 5.91. The molecule has 2 aliphatic heterocycles. The summed E-state index contributed by atoms with van der Waals surface area (Å²) in [7, 11) is 5.47. The van der Waals surface area contributed by atoms with Crippen molar-refractivity contribution in [3.05, 3.63) is 47.0 Å². The molecule has 2 aromatic carbocycles. The lowest BCUT2D eigenvalue weighted by atomic mass is 9.88. The minimum atomic E-state index is 0.156. The maximum atomic E-state index is 5.58. The smallest absolute Gasteiger partial charge is 0.231 e. The van der Waals surface area contributed by atoms with E-state index < -0.39 is 0 Å². The highest BCUT2D eigenvalue weighted by Gasteiger charge is 2.30. The Bertz CT molecular complexity index is 774. The number of rotatable bonds is 3. The van der Waals surface area contributed by atoms with Gasteiger partial charge in [-0.1, -0.05) is 6.07 Å². The van der Waals surface area contributed by atoms with Crippen molar-refractivity contribution in [3.63, 3.8) is 0 Å². The van der Waals surface area contributed by atoms with Crippen LogP contribution in [-0.4, -0.2) is 39.5 Å². The molecule has 0 saturated carbocycles. The van der Waals surface area contributed by atoms with Gasteiger partial charge in [-0.3, -0.25) is 4.90 Å². The van der Waals surface area contributed by atoms with Crippen molar-refractivity contribution in [2.45, 2.75) is 12.5 Å².